The summed E-state index contributed by atoms with van der Waals surface area (Å²) in [4.78, 5) is 4.56. The monoisotopic (exact) mass is 485 g/mol. The molecule has 0 unspecified atom stereocenters. The maximum Gasteiger partial charge on any atom is 0.0163 e. The fraction of sp³-hybridized carbons (Fsp3) is 0.476. The van der Waals surface area contributed by atoms with E-state index >= 15 is 0 Å². The van der Waals surface area contributed by atoms with Gasteiger partial charge in [-0.1, -0.05) is 52.7 Å². The number of benzene rings is 1. The first-order valence-electron chi connectivity index (χ1n) is 8.35. The summed E-state index contributed by atoms with van der Waals surface area (Å²) in [6.45, 7) is 11.6. The van der Waals surface area contributed by atoms with Gasteiger partial charge in [-0.05, 0) is 35.4 Å². The van der Waals surface area contributed by atoms with Crippen molar-refractivity contribution >= 4 is 0 Å². The normalized spacial score (nSPS) is 18.0. The number of hydrogen-bond acceptors (Lipinski definition) is 1. The van der Waals surface area contributed by atoms with Crippen molar-refractivity contribution < 1.29 is 20.1 Å². The SMILES string of the molecule is CCc1ccnc(-c2[c-]cc3c(c2)C(C)(C)CCC3(C)C)c1.[Ir]. The van der Waals surface area contributed by atoms with Gasteiger partial charge in [-0.15, -0.1) is 34.9 Å². The number of nitrogens with zero attached hydrogens (tertiary/aromatic N) is 1. The molecule has 0 aliphatic heterocycles. The van der Waals surface area contributed by atoms with Crippen LogP contribution >= 0.6 is 0 Å². The molecule has 1 heterocycles. The van der Waals surface area contributed by atoms with Gasteiger partial charge in [0.05, 0.1) is 0 Å². The van der Waals surface area contributed by atoms with Crippen molar-refractivity contribution in [3.8, 4) is 11.3 Å². The largest absolute Gasteiger partial charge is 0.305 e. The molecule has 0 atom stereocenters. The van der Waals surface area contributed by atoms with Gasteiger partial charge >= 0.3 is 0 Å². The Hall–Kier alpha value is -0.981. The van der Waals surface area contributed by atoms with Crippen LogP contribution in [0.2, 0.25) is 0 Å². The van der Waals surface area contributed by atoms with E-state index in [1.807, 2.05) is 6.20 Å². The standard InChI is InChI=1S/C21H26N.Ir/c1-6-15-9-12-22-19(13-15)16-7-8-17-18(14-16)21(4,5)11-10-20(17,2)3;/h8-9,12-14H,6,10-11H2,1-5H3;/q-1;. The topological polar surface area (TPSA) is 12.9 Å². The first-order chi connectivity index (χ1) is 10.3. The Kier molecular flexibility index (Phi) is 5.18. The number of aromatic nitrogens is 1. The molecule has 0 bridgehead atoms. The van der Waals surface area contributed by atoms with Gasteiger partial charge in [0.2, 0.25) is 0 Å². The van der Waals surface area contributed by atoms with Crippen molar-refractivity contribution in [1.82, 2.24) is 4.98 Å². The van der Waals surface area contributed by atoms with E-state index in [0.29, 0.717) is 0 Å². The fourth-order valence-corrected chi connectivity index (χ4v) is 3.50. The Morgan fingerprint density at radius 3 is 2.35 bits per heavy atom. The molecule has 1 aliphatic carbocycles. The molecule has 0 saturated heterocycles. The maximum absolute atomic E-state index is 4.56. The maximum atomic E-state index is 4.56. The van der Waals surface area contributed by atoms with Crippen molar-refractivity contribution in [2.75, 3.05) is 0 Å². The molecule has 23 heavy (non-hydrogen) atoms. The average Bonchev–Trinajstić information content (AvgIpc) is 2.52. The third-order valence-corrected chi connectivity index (χ3v) is 5.29. The zero-order valence-corrected chi connectivity index (χ0v) is 17.2. The molecule has 1 aromatic carbocycles. The molecule has 0 saturated carbocycles. The number of hydrogen-bond donors (Lipinski definition) is 0. The van der Waals surface area contributed by atoms with E-state index in [9.17, 15) is 0 Å². The zero-order valence-electron chi connectivity index (χ0n) is 14.8. The van der Waals surface area contributed by atoms with Crippen molar-refractivity contribution in [2.45, 2.75) is 64.7 Å². The summed E-state index contributed by atoms with van der Waals surface area (Å²) in [6, 6.07) is 12.3. The first kappa shape index (κ1) is 18.4. The average molecular weight is 485 g/mol. The second-order valence-electron chi connectivity index (χ2n) is 7.84. The molecule has 1 aromatic heterocycles. The van der Waals surface area contributed by atoms with E-state index in [4.69, 9.17) is 0 Å². The van der Waals surface area contributed by atoms with E-state index in [-0.39, 0.29) is 30.9 Å². The predicted molar refractivity (Wildman–Crippen MR) is 93.2 cm³/mol. The Balaban J connectivity index is 0.00000192. The molecule has 1 nitrogen and oxygen atoms in total. The van der Waals surface area contributed by atoms with Gasteiger partial charge in [0, 0.05) is 26.3 Å². The van der Waals surface area contributed by atoms with Gasteiger partial charge in [0.25, 0.3) is 0 Å². The minimum absolute atomic E-state index is 0. The van der Waals surface area contributed by atoms with Crippen LogP contribution in [0.5, 0.6) is 0 Å². The van der Waals surface area contributed by atoms with E-state index in [2.05, 4.69) is 69.9 Å². The minimum Gasteiger partial charge on any atom is -0.305 e. The first-order valence-corrected chi connectivity index (χ1v) is 8.35. The molecule has 125 valence electrons. The Morgan fingerprint density at radius 2 is 1.70 bits per heavy atom. The van der Waals surface area contributed by atoms with E-state index in [1.54, 1.807) is 0 Å². The van der Waals surface area contributed by atoms with Crippen LogP contribution in [0.4, 0.5) is 0 Å². The molecule has 0 spiro atoms. The quantitative estimate of drug-likeness (QED) is 0.516. The van der Waals surface area contributed by atoms with Gasteiger partial charge in [-0.3, -0.25) is 0 Å². The van der Waals surface area contributed by atoms with Crippen LogP contribution in [-0.4, -0.2) is 4.98 Å². The molecule has 0 fully saturated rings. The summed E-state index contributed by atoms with van der Waals surface area (Å²) in [7, 11) is 0. The fourth-order valence-electron chi connectivity index (χ4n) is 3.50. The van der Waals surface area contributed by atoms with E-state index in [0.717, 1.165) is 17.7 Å². The van der Waals surface area contributed by atoms with E-state index in [1.165, 1.54) is 29.5 Å². The molecule has 1 radical (unpaired) electrons. The zero-order chi connectivity index (χ0) is 16.0. The molecule has 2 aromatic rings. The number of fused-ring (bicyclic) bond motifs is 1. The summed E-state index contributed by atoms with van der Waals surface area (Å²) >= 11 is 0. The molecular weight excluding hydrogens is 458 g/mol. The second kappa shape index (κ2) is 6.49. The summed E-state index contributed by atoms with van der Waals surface area (Å²) < 4.78 is 0. The van der Waals surface area contributed by atoms with Crippen molar-refractivity contribution in [3.05, 3.63) is 53.2 Å². The second-order valence-corrected chi connectivity index (χ2v) is 7.84. The predicted octanol–water partition coefficient (Wildman–Crippen LogP) is 5.46. The molecule has 2 heteroatoms. The van der Waals surface area contributed by atoms with Crippen molar-refractivity contribution in [1.29, 1.82) is 0 Å². The third-order valence-electron chi connectivity index (χ3n) is 5.29. The summed E-state index contributed by atoms with van der Waals surface area (Å²) in [5.41, 5.74) is 6.91. The van der Waals surface area contributed by atoms with Gasteiger partial charge in [0.1, 0.15) is 0 Å². The molecule has 1 aliphatic rings. The Bertz CT molecular complexity index is 701. The van der Waals surface area contributed by atoms with Gasteiger partial charge in [0.15, 0.2) is 0 Å². The van der Waals surface area contributed by atoms with Crippen molar-refractivity contribution in [3.63, 3.8) is 0 Å². The smallest absolute Gasteiger partial charge is 0.0163 e. The number of aryl methyl sites for hydroxylation is 1. The van der Waals surface area contributed by atoms with Crippen LogP contribution in [0.3, 0.4) is 0 Å². The van der Waals surface area contributed by atoms with Crippen LogP contribution in [-0.2, 0) is 37.4 Å². The summed E-state index contributed by atoms with van der Waals surface area (Å²) in [5.74, 6) is 0. The third kappa shape index (κ3) is 3.44. The van der Waals surface area contributed by atoms with Crippen LogP contribution in [0, 0.1) is 6.07 Å². The Morgan fingerprint density at radius 1 is 1.04 bits per heavy atom. The molecule has 3 rings (SSSR count). The molecular formula is C21H26IrN-. The number of rotatable bonds is 2. The summed E-state index contributed by atoms with van der Waals surface area (Å²) in [6.07, 6.45) is 5.43. The molecule has 0 amide bonds. The van der Waals surface area contributed by atoms with Crippen LogP contribution in [0.1, 0.15) is 64.2 Å². The van der Waals surface area contributed by atoms with Crippen LogP contribution in [0.15, 0.2) is 30.5 Å². The Labute approximate surface area is 154 Å². The van der Waals surface area contributed by atoms with Crippen LogP contribution in [0.25, 0.3) is 11.3 Å². The van der Waals surface area contributed by atoms with Gasteiger partial charge < -0.3 is 4.98 Å². The van der Waals surface area contributed by atoms with E-state index < -0.39 is 0 Å². The summed E-state index contributed by atoms with van der Waals surface area (Å²) in [5, 5.41) is 0. The van der Waals surface area contributed by atoms with Gasteiger partial charge in [-0.25, -0.2) is 0 Å². The molecule has 0 N–H and O–H groups in total. The van der Waals surface area contributed by atoms with Gasteiger partial charge in [-0.2, -0.15) is 0 Å². The number of pyridine rings is 1. The van der Waals surface area contributed by atoms with Crippen molar-refractivity contribution in [2.24, 2.45) is 0 Å². The minimum atomic E-state index is 0. The van der Waals surface area contributed by atoms with Crippen LogP contribution < -0.4 is 0 Å².